The van der Waals surface area contributed by atoms with E-state index in [9.17, 15) is 4.79 Å². The number of methoxy groups -OCH3 is 1. The average molecular weight is 345 g/mol. The van der Waals surface area contributed by atoms with Crippen molar-refractivity contribution >= 4 is 30.5 Å². The molecule has 0 saturated carbocycles. The molecule has 5 heteroatoms. The number of hydrogen-bond donors (Lipinski definition) is 0. The van der Waals surface area contributed by atoms with Gasteiger partial charge in [0.25, 0.3) is 8.32 Å². The van der Waals surface area contributed by atoms with E-state index in [-0.39, 0.29) is 5.04 Å². The number of halogens is 1. The maximum atomic E-state index is 10.9. The van der Waals surface area contributed by atoms with Crippen LogP contribution < -0.4 is 9.16 Å². The van der Waals surface area contributed by atoms with Crippen LogP contribution in [0.15, 0.2) is 16.6 Å². The zero-order valence-electron chi connectivity index (χ0n) is 12.3. The summed E-state index contributed by atoms with van der Waals surface area (Å²) in [5.74, 6) is 1.28. The van der Waals surface area contributed by atoms with Crippen molar-refractivity contribution in [2.45, 2.75) is 38.9 Å². The summed E-state index contributed by atoms with van der Waals surface area (Å²) in [4.78, 5) is 10.9. The third-order valence-electron chi connectivity index (χ3n) is 3.58. The van der Waals surface area contributed by atoms with Crippen LogP contribution in [0.5, 0.6) is 11.5 Å². The normalized spacial score (nSPS) is 12.2. The van der Waals surface area contributed by atoms with E-state index in [2.05, 4.69) is 49.8 Å². The maximum absolute atomic E-state index is 10.9. The highest BCUT2D eigenvalue weighted by molar-refractivity contribution is 9.10. The van der Waals surface area contributed by atoms with Gasteiger partial charge in [0.2, 0.25) is 0 Å². The summed E-state index contributed by atoms with van der Waals surface area (Å²) in [5.41, 5.74) is 0.555. The van der Waals surface area contributed by atoms with Gasteiger partial charge in [-0.1, -0.05) is 20.8 Å². The predicted octanol–water partition coefficient (Wildman–Crippen LogP) is 4.65. The number of aldehydes is 1. The molecule has 0 radical (unpaired) electrons. The second-order valence-corrected chi connectivity index (χ2v) is 11.6. The molecule has 0 aromatic heterocycles. The molecule has 0 aliphatic carbocycles. The summed E-state index contributed by atoms with van der Waals surface area (Å²) in [5, 5.41) is 0.105. The number of carbonyl (C=O) groups is 1. The van der Waals surface area contributed by atoms with Gasteiger partial charge in [-0.2, -0.15) is 0 Å². The molecule has 0 amide bonds. The third kappa shape index (κ3) is 3.60. The van der Waals surface area contributed by atoms with E-state index in [0.717, 1.165) is 10.8 Å². The first kappa shape index (κ1) is 16.2. The molecule has 0 fully saturated rings. The lowest BCUT2D eigenvalue weighted by Crippen LogP contribution is -2.43. The Morgan fingerprint density at radius 3 is 2.21 bits per heavy atom. The molecule has 0 atom stereocenters. The molecule has 0 bridgehead atoms. The number of rotatable bonds is 4. The minimum Gasteiger partial charge on any atom is -0.541 e. The Kier molecular flexibility index (Phi) is 4.85. The van der Waals surface area contributed by atoms with Gasteiger partial charge in [-0.25, -0.2) is 0 Å². The highest BCUT2D eigenvalue weighted by atomic mass is 79.9. The molecule has 0 saturated heterocycles. The number of benzene rings is 1. The first-order valence-corrected chi connectivity index (χ1v) is 9.84. The van der Waals surface area contributed by atoms with Gasteiger partial charge < -0.3 is 9.16 Å². The van der Waals surface area contributed by atoms with E-state index in [4.69, 9.17) is 9.16 Å². The van der Waals surface area contributed by atoms with Crippen molar-refractivity contribution in [3.63, 3.8) is 0 Å². The molecule has 0 aliphatic heterocycles. The Bertz CT molecular complexity index is 478. The summed E-state index contributed by atoms with van der Waals surface area (Å²) >= 11 is 3.38. The molecule has 0 unspecified atom stereocenters. The highest BCUT2D eigenvalue weighted by Gasteiger charge is 2.39. The van der Waals surface area contributed by atoms with Gasteiger partial charge in [-0.3, -0.25) is 4.79 Å². The van der Waals surface area contributed by atoms with Gasteiger partial charge >= 0.3 is 0 Å². The van der Waals surface area contributed by atoms with Gasteiger partial charge in [0.05, 0.1) is 7.11 Å². The van der Waals surface area contributed by atoms with Crippen molar-refractivity contribution in [3.05, 3.63) is 22.2 Å². The first-order valence-electron chi connectivity index (χ1n) is 6.14. The van der Waals surface area contributed by atoms with Gasteiger partial charge in [0, 0.05) is 10.0 Å². The van der Waals surface area contributed by atoms with Crippen LogP contribution in [0.1, 0.15) is 31.1 Å². The van der Waals surface area contributed by atoms with E-state index in [1.807, 2.05) is 6.07 Å². The summed E-state index contributed by atoms with van der Waals surface area (Å²) in [6.07, 6.45) is 0.794. The number of carbonyl (C=O) groups excluding carboxylic acids is 1. The average Bonchev–Trinajstić information content (AvgIpc) is 2.27. The molecule has 0 aliphatic rings. The smallest absolute Gasteiger partial charge is 0.250 e. The third-order valence-corrected chi connectivity index (χ3v) is 8.61. The fraction of sp³-hybridized carbons (Fsp3) is 0.500. The molecule has 0 N–H and O–H groups in total. The minimum atomic E-state index is -1.93. The lowest BCUT2D eigenvalue weighted by atomic mass is 10.2. The number of hydrogen-bond acceptors (Lipinski definition) is 3. The van der Waals surface area contributed by atoms with Crippen LogP contribution in [-0.2, 0) is 0 Å². The van der Waals surface area contributed by atoms with Crippen LogP contribution in [-0.4, -0.2) is 21.7 Å². The van der Waals surface area contributed by atoms with E-state index in [0.29, 0.717) is 17.1 Å². The lowest BCUT2D eigenvalue weighted by Gasteiger charge is -2.36. The van der Waals surface area contributed by atoms with E-state index in [1.165, 1.54) is 0 Å². The summed E-state index contributed by atoms with van der Waals surface area (Å²) < 4.78 is 12.3. The van der Waals surface area contributed by atoms with Crippen LogP contribution in [0, 0.1) is 0 Å². The summed E-state index contributed by atoms with van der Waals surface area (Å²) in [6, 6.07) is 3.50. The molecule has 3 nitrogen and oxygen atoms in total. The van der Waals surface area contributed by atoms with E-state index >= 15 is 0 Å². The standard InChI is InChI=1S/C14H21BrO3Si/c1-14(2,3)19(5,6)18-13-8-11(15)10(9-16)7-12(13)17-4/h7-9H,1-6H3. The SMILES string of the molecule is COc1cc(C=O)c(Br)cc1O[Si](C)(C)C(C)(C)C. The van der Waals surface area contributed by atoms with E-state index < -0.39 is 8.32 Å². The number of ether oxygens (including phenoxy) is 1. The Labute approximate surface area is 124 Å². The predicted molar refractivity (Wildman–Crippen MR) is 83.9 cm³/mol. The van der Waals surface area contributed by atoms with Crippen LogP contribution in [0.2, 0.25) is 18.1 Å². The van der Waals surface area contributed by atoms with Gasteiger partial charge in [0.15, 0.2) is 12.0 Å². The van der Waals surface area contributed by atoms with Crippen LogP contribution >= 0.6 is 15.9 Å². The molecule has 0 heterocycles. The van der Waals surface area contributed by atoms with Crippen molar-refractivity contribution in [1.29, 1.82) is 0 Å². The monoisotopic (exact) mass is 344 g/mol. The Morgan fingerprint density at radius 1 is 1.21 bits per heavy atom. The second kappa shape index (κ2) is 5.67. The molecule has 0 spiro atoms. The topological polar surface area (TPSA) is 35.5 Å². The van der Waals surface area contributed by atoms with E-state index in [1.54, 1.807) is 13.2 Å². The van der Waals surface area contributed by atoms with Gasteiger partial charge in [0.1, 0.15) is 5.75 Å². The first-order chi connectivity index (χ1) is 8.62. The van der Waals surface area contributed by atoms with Gasteiger partial charge in [-0.15, -0.1) is 0 Å². The molecular weight excluding hydrogens is 324 g/mol. The molecule has 1 rings (SSSR count). The molecule has 1 aromatic rings. The Hall–Kier alpha value is -0.813. The fourth-order valence-electron chi connectivity index (χ4n) is 1.31. The van der Waals surface area contributed by atoms with Crippen molar-refractivity contribution in [2.75, 3.05) is 7.11 Å². The Morgan fingerprint density at radius 2 is 1.79 bits per heavy atom. The molecule has 1 aromatic carbocycles. The quantitative estimate of drug-likeness (QED) is 0.588. The second-order valence-electron chi connectivity index (χ2n) is 6.00. The summed E-state index contributed by atoms with van der Waals surface area (Å²) in [6.45, 7) is 10.9. The highest BCUT2D eigenvalue weighted by Crippen LogP contribution is 2.41. The van der Waals surface area contributed by atoms with Gasteiger partial charge in [-0.05, 0) is 46.2 Å². The van der Waals surface area contributed by atoms with Crippen LogP contribution in [0.25, 0.3) is 0 Å². The van der Waals surface area contributed by atoms with Crippen molar-refractivity contribution in [1.82, 2.24) is 0 Å². The largest absolute Gasteiger partial charge is 0.541 e. The molecule has 19 heavy (non-hydrogen) atoms. The molecular formula is C14H21BrO3Si. The van der Waals surface area contributed by atoms with Crippen molar-refractivity contribution in [2.24, 2.45) is 0 Å². The zero-order valence-corrected chi connectivity index (χ0v) is 14.9. The zero-order chi connectivity index (χ0) is 14.8. The van der Waals surface area contributed by atoms with Crippen molar-refractivity contribution < 1.29 is 14.0 Å². The Balaban J connectivity index is 3.21. The minimum absolute atomic E-state index is 0.105. The fourth-order valence-corrected chi connectivity index (χ4v) is 2.74. The van der Waals surface area contributed by atoms with Crippen LogP contribution in [0.4, 0.5) is 0 Å². The lowest BCUT2D eigenvalue weighted by molar-refractivity contribution is 0.112. The maximum Gasteiger partial charge on any atom is 0.250 e. The van der Waals surface area contributed by atoms with Crippen LogP contribution in [0.3, 0.4) is 0 Å². The summed E-state index contributed by atoms with van der Waals surface area (Å²) in [7, 11) is -0.353. The van der Waals surface area contributed by atoms with Crippen molar-refractivity contribution in [3.8, 4) is 11.5 Å². The molecule has 106 valence electrons.